The van der Waals surface area contributed by atoms with Crippen LogP contribution in [0.1, 0.15) is 45.9 Å². The van der Waals surface area contributed by atoms with Gasteiger partial charge in [-0.2, -0.15) is 0 Å². The van der Waals surface area contributed by atoms with E-state index in [1.54, 1.807) is 12.1 Å². The molecule has 1 unspecified atom stereocenters. The summed E-state index contributed by atoms with van der Waals surface area (Å²) in [4.78, 5) is 13.8. The number of likely N-dealkylation sites (tertiary alicyclic amines) is 1. The van der Waals surface area contributed by atoms with E-state index in [2.05, 4.69) is 36.1 Å². The average Bonchev–Trinajstić information content (AvgIpc) is 3.03. The molecule has 0 radical (unpaired) electrons. The number of carboxylic acid groups (broad SMARTS) is 1. The molecule has 2 aromatic carbocycles. The minimum atomic E-state index is -0.953. The first kappa shape index (κ1) is 16.5. The topological polar surface area (TPSA) is 49.8 Å². The van der Waals surface area contributed by atoms with E-state index in [-0.39, 0.29) is 5.56 Å². The van der Waals surface area contributed by atoms with Gasteiger partial charge in [-0.25, -0.2) is 4.79 Å². The van der Waals surface area contributed by atoms with E-state index in [0.29, 0.717) is 11.8 Å². The molecular formula is C20H23NO3. The van der Waals surface area contributed by atoms with E-state index in [1.807, 2.05) is 6.07 Å². The lowest BCUT2D eigenvalue weighted by Crippen LogP contribution is -2.23. The quantitative estimate of drug-likeness (QED) is 0.901. The van der Waals surface area contributed by atoms with Crippen LogP contribution in [0.3, 0.4) is 0 Å². The molecule has 4 nitrogen and oxygen atoms in total. The van der Waals surface area contributed by atoms with Crippen molar-refractivity contribution in [3.63, 3.8) is 0 Å². The molecule has 1 saturated heterocycles. The van der Waals surface area contributed by atoms with Crippen LogP contribution < -0.4 is 4.74 Å². The van der Waals surface area contributed by atoms with Gasteiger partial charge in [0.25, 0.3) is 0 Å². The molecule has 4 heteroatoms. The average molecular weight is 325 g/mol. The number of hydrogen-bond donors (Lipinski definition) is 1. The second-order valence-electron chi connectivity index (χ2n) is 6.32. The van der Waals surface area contributed by atoms with Crippen molar-refractivity contribution in [3.8, 4) is 5.75 Å². The lowest BCUT2D eigenvalue weighted by atomic mass is 9.99. The fraction of sp³-hybridized carbons (Fsp3) is 0.350. The van der Waals surface area contributed by atoms with Crippen molar-refractivity contribution in [1.29, 1.82) is 0 Å². The molecule has 24 heavy (non-hydrogen) atoms. The van der Waals surface area contributed by atoms with Crippen molar-refractivity contribution < 1.29 is 14.6 Å². The SMILES string of the molecule is COc1ccc(CN2CCCC2c2ccccc2C)cc1C(=O)O. The third-order valence-electron chi connectivity index (χ3n) is 4.79. The Balaban J connectivity index is 1.84. The van der Waals surface area contributed by atoms with Gasteiger partial charge in [0.05, 0.1) is 7.11 Å². The Bertz CT molecular complexity index is 741. The lowest BCUT2D eigenvalue weighted by Gasteiger charge is -2.26. The van der Waals surface area contributed by atoms with Gasteiger partial charge < -0.3 is 9.84 Å². The fourth-order valence-corrected chi connectivity index (χ4v) is 3.58. The van der Waals surface area contributed by atoms with Crippen LogP contribution in [0.2, 0.25) is 0 Å². The van der Waals surface area contributed by atoms with Crippen LogP contribution in [-0.2, 0) is 6.54 Å². The molecule has 1 heterocycles. The van der Waals surface area contributed by atoms with Crippen LogP contribution in [0.5, 0.6) is 5.75 Å². The Hall–Kier alpha value is -2.33. The largest absolute Gasteiger partial charge is 0.496 e. The monoisotopic (exact) mass is 325 g/mol. The number of rotatable bonds is 5. The highest BCUT2D eigenvalue weighted by Gasteiger charge is 2.27. The summed E-state index contributed by atoms with van der Waals surface area (Å²) in [6.45, 7) is 3.94. The molecule has 2 aromatic rings. The van der Waals surface area contributed by atoms with Gasteiger partial charge in [0.15, 0.2) is 0 Å². The zero-order valence-corrected chi connectivity index (χ0v) is 14.2. The Morgan fingerprint density at radius 2 is 2.08 bits per heavy atom. The number of benzene rings is 2. The molecule has 0 spiro atoms. The highest BCUT2D eigenvalue weighted by Crippen LogP contribution is 2.35. The zero-order valence-electron chi connectivity index (χ0n) is 14.2. The number of carbonyl (C=O) groups is 1. The molecule has 0 aliphatic carbocycles. The summed E-state index contributed by atoms with van der Waals surface area (Å²) in [5, 5.41) is 9.35. The fourth-order valence-electron chi connectivity index (χ4n) is 3.58. The standard InChI is InChI=1S/C20H23NO3/c1-14-6-3-4-7-16(14)18-8-5-11-21(18)13-15-9-10-19(24-2)17(12-15)20(22)23/h3-4,6-7,9-10,12,18H,5,8,11,13H2,1-2H3,(H,22,23). The normalized spacial score (nSPS) is 17.8. The Labute approximate surface area is 142 Å². The van der Waals surface area contributed by atoms with Gasteiger partial charge >= 0.3 is 5.97 Å². The van der Waals surface area contributed by atoms with Crippen LogP contribution >= 0.6 is 0 Å². The molecule has 0 aromatic heterocycles. The molecule has 3 rings (SSSR count). The number of methoxy groups -OCH3 is 1. The van der Waals surface area contributed by atoms with Crippen molar-refractivity contribution in [3.05, 3.63) is 64.7 Å². The molecule has 0 saturated carbocycles. The Morgan fingerprint density at radius 1 is 1.29 bits per heavy atom. The summed E-state index contributed by atoms with van der Waals surface area (Å²) >= 11 is 0. The minimum Gasteiger partial charge on any atom is -0.496 e. The van der Waals surface area contributed by atoms with E-state index >= 15 is 0 Å². The Morgan fingerprint density at radius 3 is 2.79 bits per heavy atom. The molecule has 1 aliphatic heterocycles. The van der Waals surface area contributed by atoms with E-state index in [4.69, 9.17) is 4.74 Å². The van der Waals surface area contributed by atoms with Gasteiger partial charge in [0, 0.05) is 12.6 Å². The van der Waals surface area contributed by atoms with E-state index in [0.717, 1.165) is 25.1 Å². The van der Waals surface area contributed by atoms with E-state index < -0.39 is 5.97 Å². The van der Waals surface area contributed by atoms with Gasteiger partial charge in [0.2, 0.25) is 0 Å². The van der Waals surface area contributed by atoms with Crippen molar-refractivity contribution in [2.24, 2.45) is 0 Å². The molecule has 1 fully saturated rings. The molecule has 0 bridgehead atoms. The van der Waals surface area contributed by atoms with Crippen molar-refractivity contribution in [1.82, 2.24) is 4.90 Å². The van der Waals surface area contributed by atoms with Crippen molar-refractivity contribution in [2.45, 2.75) is 32.4 Å². The summed E-state index contributed by atoms with van der Waals surface area (Å²) in [5.41, 5.74) is 3.92. The molecule has 1 N–H and O–H groups in total. The number of carboxylic acids is 1. The van der Waals surface area contributed by atoms with Crippen LogP contribution in [0.4, 0.5) is 0 Å². The molecular weight excluding hydrogens is 302 g/mol. The highest BCUT2D eigenvalue weighted by molar-refractivity contribution is 5.91. The number of ether oxygens (including phenoxy) is 1. The predicted molar refractivity (Wildman–Crippen MR) is 93.5 cm³/mol. The second kappa shape index (κ2) is 7.05. The summed E-state index contributed by atoms with van der Waals surface area (Å²) < 4.78 is 5.14. The summed E-state index contributed by atoms with van der Waals surface area (Å²) in [7, 11) is 1.50. The molecule has 126 valence electrons. The summed E-state index contributed by atoms with van der Waals surface area (Å²) in [6.07, 6.45) is 2.31. The number of aromatic carboxylic acids is 1. The second-order valence-corrected chi connectivity index (χ2v) is 6.32. The van der Waals surface area contributed by atoms with Crippen LogP contribution in [-0.4, -0.2) is 29.6 Å². The van der Waals surface area contributed by atoms with Crippen molar-refractivity contribution in [2.75, 3.05) is 13.7 Å². The first-order valence-corrected chi connectivity index (χ1v) is 8.30. The Kier molecular flexibility index (Phi) is 4.86. The zero-order chi connectivity index (χ0) is 17.1. The van der Waals surface area contributed by atoms with Gasteiger partial charge in [-0.1, -0.05) is 30.3 Å². The first-order valence-electron chi connectivity index (χ1n) is 8.30. The van der Waals surface area contributed by atoms with E-state index in [9.17, 15) is 9.90 Å². The maximum absolute atomic E-state index is 11.4. The minimum absolute atomic E-state index is 0.224. The number of hydrogen-bond acceptors (Lipinski definition) is 3. The van der Waals surface area contributed by atoms with Crippen molar-refractivity contribution >= 4 is 5.97 Å². The van der Waals surface area contributed by atoms with Crippen LogP contribution in [0, 0.1) is 6.92 Å². The summed E-state index contributed by atoms with van der Waals surface area (Å²) in [6, 6.07) is 14.4. The van der Waals surface area contributed by atoms with Gasteiger partial charge in [0.1, 0.15) is 11.3 Å². The number of aryl methyl sites for hydroxylation is 1. The third kappa shape index (κ3) is 3.29. The maximum Gasteiger partial charge on any atom is 0.339 e. The van der Waals surface area contributed by atoms with Gasteiger partial charge in [-0.15, -0.1) is 0 Å². The summed E-state index contributed by atoms with van der Waals surface area (Å²) in [5.74, 6) is -0.547. The highest BCUT2D eigenvalue weighted by atomic mass is 16.5. The third-order valence-corrected chi connectivity index (χ3v) is 4.79. The predicted octanol–water partition coefficient (Wildman–Crippen LogP) is 4.04. The maximum atomic E-state index is 11.4. The van der Waals surface area contributed by atoms with Crippen LogP contribution in [0.25, 0.3) is 0 Å². The van der Waals surface area contributed by atoms with E-state index in [1.165, 1.54) is 24.7 Å². The lowest BCUT2D eigenvalue weighted by molar-refractivity contribution is 0.0693. The molecule has 1 atom stereocenters. The molecule has 0 amide bonds. The molecule has 1 aliphatic rings. The van der Waals surface area contributed by atoms with Gasteiger partial charge in [-0.3, -0.25) is 4.90 Å². The van der Waals surface area contributed by atoms with Gasteiger partial charge in [-0.05, 0) is 55.1 Å². The smallest absolute Gasteiger partial charge is 0.339 e. The number of nitrogens with zero attached hydrogens (tertiary/aromatic N) is 1. The van der Waals surface area contributed by atoms with Crippen LogP contribution in [0.15, 0.2) is 42.5 Å². The first-order chi connectivity index (χ1) is 11.6.